The molecule has 0 radical (unpaired) electrons. The molecule has 15 heavy (non-hydrogen) atoms. The second kappa shape index (κ2) is 4.42. The fraction of sp³-hybridized carbons (Fsp3) is 0.636. The first-order valence-corrected chi connectivity index (χ1v) is 6.34. The van der Waals surface area contributed by atoms with Gasteiger partial charge in [0.2, 0.25) is 0 Å². The number of thiophene rings is 1. The van der Waals surface area contributed by atoms with Crippen LogP contribution >= 0.6 is 22.9 Å². The lowest BCUT2D eigenvalue weighted by Gasteiger charge is -2.21. The topological polar surface area (TPSA) is 21.3 Å². The highest BCUT2D eigenvalue weighted by molar-refractivity contribution is 7.16. The Balaban J connectivity index is 2.05. The quantitative estimate of drug-likeness (QED) is 0.821. The number of hydrogen-bond donors (Lipinski definition) is 1. The number of nitrogens with one attached hydrogen (secondary N) is 1. The van der Waals surface area contributed by atoms with Gasteiger partial charge in [-0.05, 0) is 12.1 Å². The largest absolute Gasteiger partial charge is 0.371 e. The minimum Gasteiger partial charge on any atom is -0.371 e. The average Bonchev–Trinajstić information content (AvgIpc) is 2.49. The van der Waals surface area contributed by atoms with Crippen LogP contribution in [0.15, 0.2) is 12.1 Å². The molecular formula is C11H16ClNOS. The van der Waals surface area contributed by atoms with Gasteiger partial charge in [0.05, 0.1) is 10.9 Å². The van der Waals surface area contributed by atoms with E-state index < -0.39 is 0 Å². The molecule has 1 aromatic rings. The first-order chi connectivity index (χ1) is 7.07. The monoisotopic (exact) mass is 245 g/mol. The van der Waals surface area contributed by atoms with Crippen molar-refractivity contribution in [2.45, 2.75) is 20.0 Å². The van der Waals surface area contributed by atoms with Gasteiger partial charge in [0.25, 0.3) is 0 Å². The summed E-state index contributed by atoms with van der Waals surface area (Å²) in [6.07, 6.45) is 0.157. The molecule has 0 aliphatic carbocycles. The van der Waals surface area contributed by atoms with Crippen molar-refractivity contribution in [2.24, 2.45) is 5.41 Å². The van der Waals surface area contributed by atoms with Crippen LogP contribution in [0.3, 0.4) is 0 Å². The summed E-state index contributed by atoms with van der Waals surface area (Å²) in [4.78, 5) is 1.21. The molecule has 1 unspecified atom stereocenters. The minimum atomic E-state index is 0.157. The molecule has 2 rings (SSSR count). The van der Waals surface area contributed by atoms with Crippen molar-refractivity contribution in [3.63, 3.8) is 0 Å². The lowest BCUT2D eigenvalue weighted by molar-refractivity contribution is 0.0279. The van der Waals surface area contributed by atoms with E-state index in [1.165, 1.54) is 4.88 Å². The van der Waals surface area contributed by atoms with Crippen LogP contribution < -0.4 is 5.32 Å². The van der Waals surface area contributed by atoms with Crippen LogP contribution in [0.4, 0.5) is 0 Å². The van der Waals surface area contributed by atoms with Gasteiger partial charge in [0.1, 0.15) is 6.10 Å². The van der Waals surface area contributed by atoms with Crippen molar-refractivity contribution in [2.75, 3.05) is 19.7 Å². The van der Waals surface area contributed by atoms with Crippen molar-refractivity contribution < 1.29 is 4.74 Å². The molecule has 1 N–H and O–H groups in total. The third kappa shape index (κ3) is 2.94. The summed E-state index contributed by atoms with van der Waals surface area (Å²) in [5.41, 5.74) is 0.218. The van der Waals surface area contributed by atoms with Gasteiger partial charge >= 0.3 is 0 Å². The SMILES string of the molecule is CC1(C)CNCC(c2ccc(Cl)s2)OC1. The van der Waals surface area contributed by atoms with Gasteiger partial charge in [0, 0.05) is 23.4 Å². The molecule has 1 aliphatic heterocycles. The molecule has 2 nitrogen and oxygen atoms in total. The molecule has 0 aromatic carbocycles. The predicted octanol–water partition coefficient (Wildman–Crippen LogP) is 3.09. The van der Waals surface area contributed by atoms with Gasteiger partial charge in [-0.25, -0.2) is 0 Å². The van der Waals surface area contributed by atoms with Crippen LogP contribution in [0.5, 0.6) is 0 Å². The van der Waals surface area contributed by atoms with Crippen LogP contribution in [0.1, 0.15) is 24.8 Å². The lowest BCUT2D eigenvalue weighted by Crippen LogP contribution is -2.29. The van der Waals surface area contributed by atoms with Crippen LogP contribution in [0.25, 0.3) is 0 Å². The normalized spacial score (nSPS) is 26.2. The Bertz CT molecular complexity index is 337. The van der Waals surface area contributed by atoms with Crippen LogP contribution in [0, 0.1) is 5.41 Å². The third-order valence-corrected chi connectivity index (χ3v) is 3.84. The molecule has 1 aliphatic rings. The maximum Gasteiger partial charge on any atom is 0.104 e. The maximum atomic E-state index is 5.92. The second-order valence-corrected chi connectivity index (χ2v) is 6.48. The second-order valence-electron chi connectivity index (χ2n) is 4.74. The highest BCUT2D eigenvalue weighted by Gasteiger charge is 2.26. The molecule has 0 amide bonds. The molecule has 1 aromatic heterocycles. The van der Waals surface area contributed by atoms with Crippen LogP contribution in [0.2, 0.25) is 4.34 Å². The first-order valence-electron chi connectivity index (χ1n) is 5.14. The Kier molecular flexibility index (Phi) is 3.36. The zero-order valence-electron chi connectivity index (χ0n) is 9.05. The van der Waals surface area contributed by atoms with Gasteiger partial charge in [0.15, 0.2) is 0 Å². The molecule has 0 bridgehead atoms. The standard InChI is InChI=1S/C11H16ClNOS/c1-11(2)6-13-5-8(14-7-11)9-3-4-10(12)15-9/h3-4,8,13H,5-7H2,1-2H3. The molecular weight excluding hydrogens is 230 g/mol. The Hall–Kier alpha value is -0.0900. The smallest absolute Gasteiger partial charge is 0.104 e. The zero-order chi connectivity index (χ0) is 10.9. The van der Waals surface area contributed by atoms with Gasteiger partial charge in [-0.3, -0.25) is 0 Å². The summed E-state index contributed by atoms with van der Waals surface area (Å²) in [7, 11) is 0. The van der Waals surface area contributed by atoms with Crippen molar-refractivity contribution >= 4 is 22.9 Å². The van der Waals surface area contributed by atoms with Gasteiger partial charge in [-0.2, -0.15) is 0 Å². The number of rotatable bonds is 1. The van der Waals surface area contributed by atoms with Crippen molar-refractivity contribution in [3.8, 4) is 0 Å². The molecule has 84 valence electrons. The van der Waals surface area contributed by atoms with E-state index in [2.05, 4.69) is 25.2 Å². The average molecular weight is 246 g/mol. The van der Waals surface area contributed by atoms with Crippen LogP contribution in [-0.4, -0.2) is 19.7 Å². The zero-order valence-corrected chi connectivity index (χ0v) is 10.6. The Morgan fingerprint density at radius 3 is 3.00 bits per heavy atom. The Morgan fingerprint density at radius 1 is 1.53 bits per heavy atom. The van der Waals surface area contributed by atoms with Crippen molar-refractivity contribution in [1.82, 2.24) is 5.32 Å². The lowest BCUT2D eigenvalue weighted by atomic mass is 9.95. The summed E-state index contributed by atoms with van der Waals surface area (Å²) >= 11 is 7.52. The van der Waals surface area contributed by atoms with E-state index in [4.69, 9.17) is 16.3 Å². The van der Waals surface area contributed by atoms with Crippen molar-refractivity contribution in [3.05, 3.63) is 21.3 Å². The van der Waals surface area contributed by atoms with E-state index in [-0.39, 0.29) is 11.5 Å². The highest BCUT2D eigenvalue weighted by Crippen LogP contribution is 2.31. The van der Waals surface area contributed by atoms with E-state index >= 15 is 0 Å². The fourth-order valence-corrected chi connectivity index (χ4v) is 2.77. The van der Waals surface area contributed by atoms with Crippen molar-refractivity contribution in [1.29, 1.82) is 0 Å². The van der Waals surface area contributed by atoms with E-state index in [9.17, 15) is 0 Å². The number of halogens is 1. The summed E-state index contributed by atoms with van der Waals surface area (Å²) in [5, 5.41) is 3.43. The minimum absolute atomic E-state index is 0.157. The summed E-state index contributed by atoms with van der Waals surface area (Å²) < 4.78 is 6.74. The molecule has 1 atom stereocenters. The van der Waals surface area contributed by atoms with E-state index in [0.717, 1.165) is 24.0 Å². The fourth-order valence-electron chi connectivity index (χ4n) is 1.66. The summed E-state index contributed by atoms with van der Waals surface area (Å²) in [6, 6.07) is 3.98. The number of ether oxygens (including phenoxy) is 1. The third-order valence-electron chi connectivity index (χ3n) is 2.52. The predicted molar refractivity (Wildman–Crippen MR) is 64.7 cm³/mol. The van der Waals surface area contributed by atoms with E-state index in [0.29, 0.717) is 0 Å². The van der Waals surface area contributed by atoms with E-state index in [1.54, 1.807) is 11.3 Å². The van der Waals surface area contributed by atoms with Gasteiger partial charge in [-0.15, -0.1) is 11.3 Å². The maximum absolute atomic E-state index is 5.92. The summed E-state index contributed by atoms with van der Waals surface area (Å²) in [6.45, 7) is 7.09. The molecule has 4 heteroatoms. The molecule has 0 spiro atoms. The Labute approximate surface area is 99.6 Å². The highest BCUT2D eigenvalue weighted by atomic mass is 35.5. The van der Waals surface area contributed by atoms with Gasteiger partial charge in [-0.1, -0.05) is 25.4 Å². The summed E-state index contributed by atoms with van der Waals surface area (Å²) in [5.74, 6) is 0. The molecule has 1 saturated heterocycles. The van der Waals surface area contributed by atoms with E-state index in [1.807, 2.05) is 6.07 Å². The molecule has 1 fully saturated rings. The number of hydrogen-bond acceptors (Lipinski definition) is 3. The van der Waals surface area contributed by atoms with Gasteiger partial charge < -0.3 is 10.1 Å². The first kappa shape index (κ1) is 11.4. The molecule has 2 heterocycles. The molecule has 0 saturated carbocycles. The Morgan fingerprint density at radius 2 is 2.33 bits per heavy atom. The van der Waals surface area contributed by atoms with Crippen LogP contribution in [-0.2, 0) is 4.74 Å².